The molecule has 1 atom stereocenters. The number of fused-ring (bicyclic) bond motifs is 3. The molecule has 0 saturated carbocycles. The van der Waals surface area contributed by atoms with E-state index in [0.29, 0.717) is 12.5 Å². The molecule has 2 amide bonds. The van der Waals surface area contributed by atoms with Crippen LogP contribution in [0.15, 0.2) is 78.9 Å². The van der Waals surface area contributed by atoms with Crippen molar-refractivity contribution in [2.45, 2.75) is 37.8 Å². The second-order valence-corrected chi connectivity index (χ2v) is 11.0. The minimum absolute atomic E-state index is 0.0885. The Kier molecular flexibility index (Phi) is 8.99. The first kappa shape index (κ1) is 28.4. The second kappa shape index (κ2) is 13.0. The van der Waals surface area contributed by atoms with Gasteiger partial charge in [-0.1, -0.05) is 78.9 Å². The molecule has 0 radical (unpaired) electrons. The minimum atomic E-state index is -1.20. The molecular formula is C33H37N3O5. The lowest BCUT2D eigenvalue weighted by atomic mass is 9.95. The molecule has 1 heterocycles. The van der Waals surface area contributed by atoms with Gasteiger partial charge in [-0.05, 0) is 59.7 Å². The Hall–Kier alpha value is -4.17. The summed E-state index contributed by atoms with van der Waals surface area (Å²) in [6.07, 6.45) is 0.596. The number of carbonyl (C=O) groups excluding carboxylic acids is 2. The molecule has 2 N–H and O–H groups in total. The number of nitrogens with one attached hydrogen (secondary N) is 1. The van der Waals surface area contributed by atoms with Gasteiger partial charge in [0, 0.05) is 26.1 Å². The maximum Gasteiger partial charge on any atom is 0.407 e. The summed E-state index contributed by atoms with van der Waals surface area (Å²) >= 11 is 0. The van der Waals surface area contributed by atoms with E-state index in [-0.39, 0.29) is 12.5 Å². The van der Waals surface area contributed by atoms with Crippen molar-refractivity contribution < 1.29 is 24.2 Å². The van der Waals surface area contributed by atoms with Crippen LogP contribution in [0.4, 0.5) is 4.79 Å². The number of piperidine rings is 1. The molecule has 1 fully saturated rings. The molecule has 8 nitrogen and oxygen atoms in total. The molecule has 1 saturated heterocycles. The summed E-state index contributed by atoms with van der Waals surface area (Å²) in [4.78, 5) is 41.6. The first-order chi connectivity index (χ1) is 19.9. The molecular weight excluding hydrogens is 518 g/mol. The van der Waals surface area contributed by atoms with E-state index in [1.807, 2.05) is 54.6 Å². The Morgan fingerprint density at radius 1 is 0.927 bits per heavy atom. The fourth-order valence-corrected chi connectivity index (χ4v) is 6.07. The molecule has 3 aromatic carbocycles. The molecule has 0 spiro atoms. The maximum absolute atomic E-state index is 13.3. The number of ether oxygens (including phenoxy) is 1. The molecule has 5 rings (SSSR count). The number of nitrogens with zero attached hydrogens (tertiary/aromatic N) is 2. The molecule has 0 bridgehead atoms. The lowest BCUT2D eigenvalue weighted by molar-refractivity contribution is -0.142. The fourth-order valence-electron chi connectivity index (χ4n) is 6.07. The highest BCUT2D eigenvalue weighted by molar-refractivity contribution is 5.89. The van der Waals surface area contributed by atoms with Crippen molar-refractivity contribution in [2.75, 3.05) is 33.3 Å². The maximum atomic E-state index is 13.3. The topological polar surface area (TPSA) is 99.2 Å². The van der Waals surface area contributed by atoms with E-state index >= 15 is 0 Å². The van der Waals surface area contributed by atoms with Crippen LogP contribution in [0.3, 0.4) is 0 Å². The van der Waals surface area contributed by atoms with E-state index in [1.165, 1.54) is 5.56 Å². The van der Waals surface area contributed by atoms with Crippen LogP contribution in [0.2, 0.25) is 0 Å². The SMILES string of the molecule is CN(CC1CCN(Cc2ccccc2)CC1)C(=O)C(CC(=O)O)NC(=O)OCC1c2ccccc2-c2ccccc21. The molecule has 3 aromatic rings. The highest BCUT2D eigenvalue weighted by Gasteiger charge is 2.32. The highest BCUT2D eigenvalue weighted by Crippen LogP contribution is 2.44. The predicted octanol–water partition coefficient (Wildman–Crippen LogP) is 4.74. The molecule has 214 valence electrons. The number of benzene rings is 3. The molecule has 1 aliphatic carbocycles. The largest absolute Gasteiger partial charge is 0.481 e. The van der Waals surface area contributed by atoms with Crippen LogP contribution in [-0.2, 0) is 20.9 Å². The molecule has 8 heteroatoms. The van der Waals surface area contributed by atoms with Crippen LogP contribution >= 0.6 is 0 Å². The normalized spacial score (nSPS) is 15.9. The van der Waals surface area contributed by atoms with Gasteiger partial charge in [-0.2, -0.15) is 0 Å². The van der Waals surface area contributed by atoms with Gasteiger partial charge in [-0.3, -0.25) is 14.5 Å². The van der Waals surface area contributed by atoms with Crippen molar-refractivity contribution >= 4 is 18.0 Å². The highest BCUT2D eigenvalue weighted by atomic mass is 16.5. The van der Waals surface area contributed by atoms with Gasteiger partial charge in [0.15, 0.2) is 0 Å². The zero-order valence-corrected chi connectivity index (χ0v) is 23.4. The van der Waals surface area contributed by atoms with Crippen LogP contribution in [0.5, 0.6) is 0 Å². The van der Waals surface area contributed by atoms with Gasteiger partial charge < -0.3 is 20.1 Å². The zero-order chi connectivity index (χ0) is 28.8. The number of hydrogen-bond acceptors (Lipinski definition) is 5. The van der Waals surface area contributed by atoms with Gasteiger partial charge in [-0.25, -0.2) is 4.79 Å². The summed E-state index contributed by atoms with van der Waals surface area (Å²) < 4.78 is 5.57. The van der Waals surface area contributed by atoms with Gasteiger partial charge in [0.05, 0.1) is 6.42 Å². The minimum Gasteiger partial charge on any atom is -0.481 e. The van der Waals surface area contributed by atoms with Gasteiger partial charge in [0.1, 0.15) is 12.6 Å². The lowest BCUT2D eigenvalue weighted by Gasteiger charge is -2.34. The van der Waals surface area contributed by atoms with Crippen molar-refractivity contribution in [1.29, 1.82) is 0 Å². The third-order valence-electron chi connectivity index (χ3n) is 8.18. The molecule has 0 aromatic heterocycles. The van der Waals surface area contributed by atoms with Gasteiger partial charge in [-0.15, -0.1) is 0 Å². The monoisotopic (exact) mass is 555 g/mol. The number of carboxylic acids is 1. The predicted molar refractivity (Wildman–Crippen MR) is 156 cm³/mol. The number of aliphatic carboxylic acids is 1. The van der Waals surface area contributed by atoms with Gasteiger partial charge >= 0.3 is 12.1 Å². The van der Waals surface area contributed by atoms with Crippen molar-refractivity contribution in [1.82, 2.24) is 15.1 Å². The lowest BCUT2D eigenvalue weighted by Crippen LogP contribution is -2.50. The van der Waals surface area contributed by atoms with E-state index in [1.54, 1.807) is 11.9 Å². The summed E-state index contributed by atoms with van der Waals surface area (Å²) in [7, 11) is 1.67. The van der Waals surface area contributed by atoms with Crippen LogP contribution in [0, 0.1) is 5.92 Å². The smallest absolute Gasteiger partial charge is 0.407 e. The first-order valence-electron chi connectivity index (χ1n) is 14.2. The van der Waals surface area contributed by atoms with Crippen molar-refractivity contribution in [2.24, 2.45) is 5.92 Å². The van der Waals surface area contributed by atoms with Crippen LogP contribution in [0.1, 0.15) is 41.9 Å². The zero-order valence-electron chi connectivity index (χ0n) is 23.4. The average Bonchev–Trinajstić information content (AvgIpc) is 3.30. The Morgan fingerprint density at radius 2 is 1.51 bits per heavy atom. The number of likely N-dealkylation sites (N-methyl/N-ethyl adjacent to an activating group) is 1. The number of rotatable bonds is 10. The van der Waals surface area contributed by atoms with E-state index in [4.69, 9.17) is 4.74 Å². The Bertz CT molecular complexity index is 1320. The van der Waals surface area contributed by atoms with Crippen molar-refractivity contribution in [3.63, 3.8) is 0 Å². The Labute approximate surface area is 240 Å². The Morgan fingerprint density at radius 3 is 2.12 bits per heavy atom. The summed E-state index contributed by atoms with van der Waals surface area (Å²) in [6, 6.07) is 25.2. The third-order valence-corrected chi connectivity index (χ3v) is 8.18. The van der Waals surface area contributed by atoms with Crippen LogP contribution in [0.25, 0.3) is 11.1 Å². The Balaban J connectivity index is 1.14. The summed E-state index contributed by atoms with van der Waals surface area (Å²) in [5.41, 5.74) is 5.67. The number of hydrogen-bond donors (Lipinski definition) is 2. The summed E-state index contributed by atoms with van der Waals surface area (Å²) in [6.45, 7) is 3.40. The van der Waals surface area contributed by atoms with E-state index in [0.717, 1.165) is 54.7 Å². The standard InChI is InChI=1S/C33H37N3O5/c1-35(20-24-15-17-36(18-16-24)21-23-9-3-2-4-10-23)32(39)30(19-31(37)38)34-33(40)41-22-29-27-13-7-5-11-25(27)26-12-6-8-14-28(26)29/h2-14,24,29-30H,15-22H2,1H3,(H,34,40)(H,37,38). The molecule has 1 aliphatic heterocycles. The molecule has 41 heavy (non-hydrogen) atoms. The van der Waals surface area contributed by atoms with E-state index in [9.17, 15) is 19.5 Å². The van der Waals surface area contributed by atoms with Crippen LogP contribution in [-0.4, -0.2) is 72.2 Å². The average molecular weight is 556 g/mol. The van der Waals surface area contributed by atoms with Crippen molar-refractivity contribution in [3.05, 3.63) is 95.6 Å². The quantitative estimate of drug-likeness (QED) is 0.375. The summed E-state index contributed by atoms with van der Waals surface area (Å²) in [5, 5.41) is 12.0. The van der Waals surface area contributed by atoms with Crippen molar-refractivity contribution in [3.8, 4) is 11.1 Å². The number of alkyl carbamates (subject to hydrolysis) is 1. The second-order valence-electron chi connectivity index (χ2n) is 11.0. The number of carboxylic acid groups (broad SMARTS) is 1. The first-order valence-corrected chi connectivity index (χ1v) is 14.2. The summed E-state index contributed by atoms with van der Waals surface area (Å²) in [5.74, 6) is -1.40. The van der Waals surface area contributed by atoms with E-state index < -0.39 is 30.4 Å². The third kappa shape index (κ3) is 6.95. The molecule has 2 aliphatic rings. The number of carbonyl (C=O) groups is 3. The fraction of sp³-hybridized carbons (Fsp3) is 0.364. The van der Waals surface area contributed by atoms with Gasteiger partial charge in [0.2, 0.25) is 5.91 Å². The van der Waals surface area contributed by atoms with Crippen LogP contribution < -0.4 is 5.32 Å². The number of likely N-dealkylation sites (tertiary alicyclic amines) is 1. The number of amides is 2. The van der Waals surface area contributed by atoms with Gasteiger partial charge in [0.25, 0.3) is 0 Å². The molecule has 1 unspecified atom stereocenters. The van der Waals surface area contributed by atoms with E-state index in [2.05, 4.69) is 34.5 Å².